The van der Waals surface area contributed by atoms with Gasteiger partial charge in [-0.15, -0.1) is 4.83 Å². The number of halogens is 1. The van der Waals surface area contributed by atoms with Crippen LogP contribution in [0.2, 0.25) is 0 Å². The summed E-state index contributed by atoms with van der Waals surface area (Å²) in [7, 11) is -4.39. The molecule has 0 aliphatic rings. The minimum atomic E-state index is -4.39. The Morgan fingerprint density at radius 1 is 1.35 bits per heavy atom. The number of nitro groups is 1. The summed E-state index contributed by atoms with van der Waals surface area (Å²) in [5, 5.41) is 10.7. The third kappa shape index (κ3) is 5.25. The molecule has 1 aromatic carbocycles. The summed E-state index contributed by atoms with van der Waals surface area (Å²) < 4.78 is 37.9. The van der Waals surface area contributed by atoms with Crippen LogP contribution in [0.1, 0.15) is 32.8 Å². The molecule has 0 radical (unpaired) electrons. The fourth-order valence-electron chi connectivity index (χ4n) is 1.75. The Balaban J connectivity index is 2.99. The molecule has 2 N–H and O–H groups in total. The molecular weight excluding hydrogens is 329 g/mol. The van der Waals surface area contributed by atoms with Gasteiger partial charge in [-0.3, -0.25) is 20.3 Å². The number of benzene rings is 1. The number of nitro benzene ring substituents is 1. The average Bonchev–Trinajstić information content (AvgIpc) is 2.36. The maximum Gasteiger partial charge on any atom is 0.275 e. The van der Waals surface area contributed by atoms with Crippen molar-refractivity contribution in [2.75, 3.05) is 0 Å². The average molecular weight is 347 g/mol. The van der Waals surface area contributed by atoms with E-state index in [0.29, 0.717) is 6.07 Å². The van der Waals surface area contributed by atoms with Crippen LogP contribution in [0.15, 0.2) is 17.0 Å². The quantitative estimate of drug-likeness (QED) is 0.622. The van der Waals surface area contributed by atoms with E-state index in [1.807, 2.05) is 5.43 Å². The molecule has 23 heavy (non-hydrogen) atoms. The van der Waals surface area contributed by atoms with Crippen LogP contribution >= 0.6 is 0 Å². The topological polar surface area (TPSA) is 118 Å². The zero-order chi connectivity index (χ0) is 18.0. The summed E-state index contributed by atoms with van der Waals surface area (Å²) in [5.41, 5.74) is 1.08. The molecule has 10 heteroatoms. The highest BCUT2D eigenvalue weighted by Gasteiger charge is 2.25. The Morgan fingerprint density at radius 3 is 2.39 bits per heavy atom. The van der Waals surface area contributed by atoms with Gasteiger partial charge in [-0.05, 0) is 18.4 Å². The number of amides is 1. The molecule has 1 rings (SSSR count). The molecule has 0 heterocycles. The van der Waals surface area contributed by atoms with Gasteiger partial charge in [0.05, 0.1) is 11.0 Å². The van der Waals surface area contributed by atoms with Crippen molar-refractivity contribution in [1.29, 1.82) is 0 Å². The number of rotatable bonds is 5. The van der Waals surface area contributed by atoms with Crippen molar-refractivity contribution >= 4 is 21.6 Å². The number of carbonyl (C=O) groups is 1. The fourth-order valence-corrected chi connectivity index (χ4v) is 2.76. The van der Waals surface area contributed by atoms with E-state index in [9.17, 15) is 27.7 Å². The zero-order valence-electron chi connectivity index (χ0n) is 13.1. The van der Waals surface area contributed by atoms with Crippen molar-refractivity contribution in [3.05, 3.63) is 33.6 Å². The normalized spacial score (nSPS) is 12.0. The highest BCUT2D eigenvalue weighted by molar-refractivity contribution is 7.89. The molecule has 0 unspecified atom stereocenters. The fraction of sp³-hybridized carbons (Fsp3) is 0.462. The van der Waals surface area contributed by atoms with E-state index in [4.69, 9.17) is 0 Å². The summed E-state index contributed by atoms with van der Waals surface area (Å²) in [6.07, 6.45) is 0.0529. The standard InChI is InChI=1S/C13H18FN3O5S/c1-8-5-11(9(14)6-10(8)17(19)20)23(21,22)16-15-12(18)7-13(2,3)4/h5-6,16H,7H2,1-4H3,(H,15,18). The van der Waals surface area contributed by atoms with Crippen molar-refractivity contribution in [2.45, 2.75) is 39.0 Å². The molecule has 0 saturated heterocycles. The molecule has 0 fully saturated rings. The van der Waals surface area contributed by atoms with E-state index in [1.54, 1.807) is 25.6 Å². The third-order valence-electron chi connectivity index (χ3n) is 2.75. The second-order valence-corrected chi connectivity index (χ2v) is 7.87. The number of hydrogen-bond acceptors (Lipinski definition) is 5. The van der Waals surface area contributed by atoms with Gasteiger partial charge in [-0.1, -0.05) is 20.8 Å². The summed E-state index contributed by atoms with van der Waals surface area (Å²) in [5.74, 6) is -1.86. The van der Waals surface area contributed by atoms with E-state index in [2.05, 4.69) is 0 Å². The number of sulfonamides is 1. The second kappa shape index (κ2) is 6.59. The Hall–Kier alpha value is -2.07. The maximum atomic E-state index is 13.8. The molecule has 0 saturated carbocycles. The van der Waals surface area contributed by atoms with E-state index >= 15 is 0 Å². The number of carbonyl (C=O) groups excluding carboxylic acids is 1. The smallest absolute Gasteiger partial charge is 0.275 e. The summed E-state index contributed by atoms with van der Waals surface area (Å²) in [6.45, 7) is 6.66. The largest absolute Gasteiger partial charge is 0.278 e. The van der Waals surface area contributed by atoms with Crippen LogP contribution in [0.5, 0.6) is 0 Å². The zero-order valence-corrected chi connectivity index (χ0v) is 14.0. The van der Waals surface area contributed by atoms with Crippen molar-refractivity contribution in [3.63, 3.8) is 0 Å². The molecule has 1 amide bonds. The van der Waals surface area contributed by atoms with Gasteiger partial charge in [-0.2, -0.15) is 0 Å². The molecule has 0 aromatic heterocycles. The first-order chi connectivity index (χ1) is 10.3. The third-order valence-corrected chi connectivity index (χ3v) is 4.02. The van der Waals surface area contributed by atoms with Gasteiger partial charge >= 0.3 is 0 Å². The number of hydrazine groups is 1. The predicted molar refractivity (Wildman–Crippen MR) is 80.3 cm³/mol. The van der Waals surface area contributed by atoms with Gasteiger partial charge in [0.1, 0.15) is 10.7 Å². The predicted octanol–water partition coefficient (Wildman–Crippen LogP) is 1.79. The van der Waals surface area contributed by atoms with Crippen molar-refractivity contribution in [2.24, 2.45) is 5.41 Å². The number of hydrogen-bond donors (Lipinski definition) is 2. The first-order valence-corrected chi connectivity index (χ1v) is 8.07. The van der Waals surface area contributed by atoms with Crippen molar-refractivity contribution < 1.29 is 22.5 Å². The van der Waals surface area contributed by atoms with Crippen LogP contribution in [-0.2, 0) is 14.8 Å². The molecule has 0 aliphatic carbocycles. The maximum absolute atomic E-state index is 13.8. The van der Waals surface area contributed by atoms with Gasteiger partial charge in [0.15, 0.2) is 0 Å². The van der Waals surface area contributed by atoms with Crippen LogP contribution < -0.4 is 10.3 Å². The number of aryl methyl sites for hydroxylation is 1. The SMILES string of the molecule is Cc1cc(S(=O)(=O)NNC(=O)CC(C)(C)C)c(F)cc1[N+](=O)[O-]. The van der Waals surface area contributed by atoms with Crippen molar-refractivity contribution in [1.82, 2.24) is 10.3 Å². The molecule has 128 valence electrons. The number of nitrogens with zero attached hydrogens (tertiary/aromatic N) is 1. The van der Waals surface area contributed by atoms with Crippen LogP contribution in [-0.4, -0.2) is 19.2 Å². The Bertz CT molecular complexity index is 741. The van der Waals surface area contributed by atoms with E-state index in [1.165, 1.54) is 6.92 Å². The van der Waals surface area contributed by atoms with E-state index in [-0.39, 0.29) is 17.4 Å². The van der Waals surface area contributed by atoms with Gasteiger partial charge < -0.3 is 0 Å². The van der Waals surface area contributed by atoms with Crippen LogP contribution in [0.3, 0.4) is 0 Å². The minimum Gasteiger partial charge on any atom is -0.278 e. The molecule has 1 aromatic rings. The van der Waals surface area contributed by atoms with Gasteiger partial charge in [0.2, 0.25) is 5.91 Å². The van der Waals surface area contributed by atoms with Crippen molar-refractivity contribution in [3.8, 4) is 0 Å². The Kier molecular flexibility index (Phi) is 5.43. The summed E-state index contributed by atoms with van der Waals surface area (Å²) in [6, 6.07) is 1.37. The van der Waals surface area contributed by atoms with Gasteiger partial charge in [-0.25, -0.2) is 12.8 Å². The lowest BCUT2D eigenvalue weighted by Gasteiger charge is -2.17. The lowest BCUT2D eigenvalue weighted by atomic mass is 9.92. The molecular formula is C13H18FN3O5S. The monoisotopic (exact) mass is 347 g/mol. The lowest BCUT2D eigenvalue weighted by Crippen LogP contribution is -2.43. The molecule has 8 nitrogen and oxygen atoms in total. The van der Waals surface area contributed by atoms with Crippen LogP contribution in [0, 0.1) is 28.3 Å². The first kappa shape index (κ1) is 19.0. The highest BCUT2D eigenvalue weighted by atomic mass is 32.2. The molecule has 0 spiro atoms. The summed E-state index contributed by atoms with van der Waals surface area (Å²) in [4.78, 5) is 22.5. The summed E-state index contributed by atoms with van der Waals surface area (Å²) >= 11 is 0. The molecule has 0 atom stereocenters. The number of nitrogens with one attached hydrogen (secondary N) is 2. The second-order valence-electron chi connectivity index (χ2n) is 6.22. The van der Waals surface area contributed by atoms with Gasteiger partial charge in [0, 0.05) is 12.0 Å². The highest BCUT2D eigenvalue weighted by Crippen LogP contribution is 2.24. The molecule has 0 bridgehead atoms. The molecule has 0 aliphatic heterocycles. The minimum absolute atomic E-state index is 0.0159. The Morgan fingerprint density at radius 2 is 1.91 bits per heavy atom. The van der Waals surface area contributed by atoms with Crippen LogP contribution in [0.25, 0.3) is 0 Å². The van der Waals surface area contributed by atoms with E-state index in [0.717, 1.165) is 6.07 Å². The first-order valence-electron chi connectivity index (χ1n) is 6.59. The lowest BCUT2D eigenvalue weighted by molar-refractivity contribution is -0.385. The van der Waals surface area contributed by atoms with Crippen LogP contribution in [0.4, 0.5) is 10.1 Å². The van der Waals surface area contributed by atoms with Gasteiger partial charge in [0.25, 0.3) is 15.7 Å². The Labute approximate surface area is 133 Å². The van der Waals surface area contributed by atoms with E-state index < -0.39 is 37.3 Å².